The van der Waals surface area contributed by atoms with Crippen LogP contribution in [0, 0.1) is 0 Å². The fourth-order valence-electron chi connectivity index (χ4n) is 1.16. The Bertz CT molecular complexity index is 332. The molecule has 1 nitrogen and oxygen atoms in total. The van der Waals surface area contributed by atoms with E-state index in [2.05, 4.69) is 0 Å². The van der Waals surface area contributed by atoms with Gasteiger partial charge in [0.15, 0.2) is 5.78 Å². The number of rotatable bonds is 1. The average Bonchev–Trinajstić information content (AvgIpc) is 2.03. The number of hydrogen-bond acceptors (Lipinski definition) is 1. The maximum atomic E-state index is 12.1. The van der Waals surface area contributed by atoms with Crippen LogP contribution in [0.25, 0.3) is 0 Å². The van der Waals surface area contributed by atoms with E-state index in [0.29, 0.717) is 5.56 Å². The lowest BCUT2D eigenvalue weighted by Gasteiger charge is -2.16. The Labute approximate surface area is 73.8 Å². The predicted octanol–water partition coefficient (Wildman–Crippen LogP) is 2.59. The Balaban J connectivity index is 0.000000720. The van der Waals surface area contributed by atoms with Crippen molar-refractivity contribution in [3.63, 3.8) is 0 Å². The van der Waals surface area contributed by atoms with Crippen LogP contribution < -0.4 is 0 Å². The minimum Gasteiger partial charge on any atom is -0.289 e. The van der Waals surface area contributed by atoms with E-state index in [1.807, 2.05) is 0 Å². The molecule has 0 radical (unpaired) electrons. The summed E-state index contributed by atoms with van der Waals surface area (Å²) in [7, 11) is 0. The zero-order valence-corrected chi connectivity index (χ0v) is 6.70. The van der Waals surface area contributed by atoms with Gasteiger partial charge in [0, 0.05) is 16.7 Å². The molecule has 0 atom stereocenters. The van der Waals surface area contributed by atoms with Crippen molar-refractivity contribution in [2.45, 2.75) is 6.43 Å². The molecular weight excluding hydrogens is 186 g/mol. The summed E-state index contributed by atoms with van der Waals surface area (Å²) in [6.07, 6.45) is -2.54. The van der Waals surface area contributed by atoms with Crippen LogP contribution >= 0.6 is 12.4 Å². The van der Waals surface area contributed by atoms with E-state index < -0.39 is 6.43 Å². The fourth-order valence-corrected chi connectivity index (χ4v) is 1.16. The van der Waals surface area contributed by atoms with Crippen LogP contribution in [0.15, 0.2) is 18.2 Å². The molecule has 0 aromatic heterocycles. The number of hydrogen-bond donors (Lipinski definition) is 0. The molecule has 2 bridgehead atoms. The molecule has 3 rings (SSSR count). The highest BCUT2D eigenvalue weighted by Gasteiger charge is 2.27. The van der Waals surface area contributed by atoms with Gasteiger partial charge in [-0.25, -0.2) is 8.78 Å². The van der Waals surface area contributed by atoms with Gasteiger partial charge in [-0.2, -0.15) is 0 Å². The van der Waals surface area contributed by atoms with E-state index in [0.717, 1.165) is 0 Å². The first-order valence-electron chi connectivity index (χ1n) is 3.17. The third-order valence-electron chi connectivity index (χ3n) is 1.80. The molecule has 4 heteroatoms. The molecule has 12 heavy (non-hydrogen) atoms. The zero-order valence-electron chi connectivity index (χ0n) is 5.88. The predicted molar refractivity (Wildman–Crippen MR) is 42.1 cm³/mol. The summed E-state index contributed by atoms with van der Waals surface area (Å²) >= 11 is 0. The molecule has 2 aliphatic rings. The van der Waals surface area contributed by atoms with Crippen molar-refractivity contribution in [3.05, 3.63) is 34.9 Å². The van der Waals surface area contributed by atoms with Crippen molar-refractivity contribution in [2.24, 2.45) is 0 Å². The topological polar surface area (TPSA) is 17.1 Å². The van der Waals surface area contributed by atoms with Crippen LogP contribution in [0.4, 0.5) is 8.78 Å². The number of fused-ring (bicyclic) bond motifs is 2. The van der Waals surface area contributed by atoms with E-state index in [1.165, 1.54) is 18.2 Å². The van der Waals surface area contributed by atoms with Crippen LogP contribution in [0.5, 0.6) is 0 Å². The molecule has 0 amide bonds. The molecule has 1 aromatic carbocycles. The summed E-state index contributed by atoms with van der Waals surface area (Å²) in [5.74, 6) is -0.247. The molecule has 2 aliphatic carbocycles. The Hall–Kier alpha value is -0.960. The summed E-state index contributed by atoms with van der Waals surface area (Å²) in [5.41, 5.74) is 0.562. The van der Waals surface area contributed by atoms with E-state index in [9.17, 15) is 13.6 Å². The second-order valence-electron chi connectivity index (χ2n) is 2.43. The first-order valence-corrected chi connectivity index (χ1v) is 3.17. The average molecular weight is 191 g/mol. The van der Waals surface area contributed by atoms with Crippen LogP contribution in [0.3, 0.4) is 0 Å². The molecule has 0 N–H and O–H groups in total. The monoisotopic (exact) mass is 190 g/mol. The summed E-state index contributed by atoms with van der Waals surface area (Å²) in [6, 6.07) is 4.22. The Morgan fingerprint density at radius 1 is 1.25 bits per heavy atom. The Morgan fingerprint density at radius 3 is 2.25 bits per heavy atom. The largest absolute Gasteiger partial charge is 0.289 e. The van der Waals surface area contributed by atoms with Crippen molar-refractivity contribution in [1.29, 1.82) is 0 Å². The molecule has 0 saturated carbocycles. The Morgan fingerprint density at radius 2 is 1.92 bits per heavy atom. The van der Waals surface area contributed by atoms with Gasteiger partial charge in [-0.05, 0) is 6.07 Å². The van der Waals surface area contributed by atoms with Crippen molar-refractivity contribution in [3.8, 4) is 0 Å². The highest BCUT2D eigenvalue weighted by Crippen LogP contribution is 2.31. The second-order valence-corrected chi connectivity index (χ2v) is 2.43. The van der Waals surface area contributed by atoms with Crippen LogP contribution in [0.1, 0.15) is 27.9 Å². The first-order chi connectivity index (χ1) is 5.20. The number of alkyl halides is 2. The van der Waals surface area contributed by atoms with Crippen molar-refractivity contribution in [2.75, 3.05) is 0 Å². The van der Waals surface area contributed by atoms with Gasteiger partial charge < -0.3 is 0 Å². The molecule has 0 spiro atoms. The third-order valence-corrected chi connectivity index (χ3v) is 1.80. The second kappa shape index (κ2) is 2.83. The minimum atomic E-state index is -2.54. The highest BCUT2D eigenvalue weighted by molar-refractivity contribution is 6.17. The van der Waals surface area contributed by atoms with E-state index in [1.54, 1.807) is 0 Å². The van der Waals surface area contributed by atoms with Crippen LogP contribution in [0.2, 0.25) is 0 Å². The van der Waals surface area contributed by atoms with Gasteiger partial charge in [-0.3, -0.25) is 4.79 Å². The maximum Gasteiger partial charge on any atom is 0.264 e. The van der Waals surface area contributed by atoms with Gasteiger partial charge in [-0.15, -0.1) is 12.4 Å². The smallest absolute Gasteiger partial charge is 0.264 e. The lowest BCUT2D eigenvalue weighted by Crippen LogP contribution is -2.15. The third kappa shape index (κ3) is 1.01. The van der Waals surface area contributed by atoms with Crippen molar-refractivity contribution in [1.82, 2.24) is 0 Å². The first kappa shape index (κ1) is 9.13. The summed E-state index contributed by atoms with van der Waals surface area (Å²) < 4.78 is 24.2. The van der Waals surface area contributed by atoms with Gasteiger partial charge in [0.2, 0.25) is 0 Å². The van der Waals surface area contributed by atoms with Crippen LogP contribution in [-0.4, -0.2) is 5.78 Å². The number of halogens is 3. The standard InChI is InChI=1S/C8H4F2O.ClH/c9-8(10)5-2-1-4-3-6(5)7(4)11;/h1-3,8H;1H. The van der Waals surface area contributed by atoms with Gasteiger partial charge >= 0.3 is 0 Å². The maximum absolute atomic E-state index is 12.1. The zero-order chi connectivity index (χ0) is 8.01. The van der Waals surface area contributed by atoms with E-state index >= 15 is 0 Å². The summed E-state index contributed by atoms with van der Waals surface area (Å²) in [4.78, 5) is 10.8. The van der Waals surface area contributed by atoms with Crippen LogP contribution in [-0.2, 0) is 0 Å². The number of ketones is 1. The highest BCUT2D eigenvalue weighted by atomic mass is 35.5. The number of carbonyl (C=O) groups is 1. The molecule has 0 saturated heterocycles. The van der Waals surface area contributed by atoms with Gasteiger partial charge in [0.1, 0.15) is 0 Å². The van der Waals surface area contributed by atoms with Gasteiger partial charge in [0.25, 0.3) is 6.43 Å². The summed E-state index contributed by atoms with van der Waals surface area (Å²) in [6.45, 7) is 0. The molecule has 0 unspecified atom stereocenters. The quantitative estimate of drug-likeness (QED) is 0.676. The lowest BCUT2D eigenvalue weighted by atomic mass is 9.87. The number of benzene rings is 1. The normalized spacial score (nSPS) is 12.4. The Kier molecular flexibility index (Phi) is 2.15. The molecular formula is C8H5ClF2O. The SMILES string of the molecule is Cl.O=C1c2ccc(C(F)F)c1c2. The van der Waals surface area contributed by atoms with Gasteiger partial charge in [-0.1, -0.05) is 12.1 Å². The van der Waals surface area contributed by atoms with E-state index in [4.69, 9.17) is 0 Å². The molecule has 0 aliphatic heterocycles. The van der Waals surface area contributed by atoms with E-state index in [-0.39, 0.29) is 29.3 Å². The molecule has 0 heterocycles. The van der Waals surface area contributed by atoms with Crippen molar-refractivity contribution < 1.29 is 13.6 Å². The molecule has 0 fully saturated rings. The molecule has 1 aromatic rings. The summed E-state index contributed by atoms with van der Waals surface area (Å²) in [5, 5.41) is 0. The molecule has 64 valence electrons. The number of carbonyl (C=O) groups excluding carboxylic acids is 1. The fraction of sp³-hybridized carbons (Fsp3) is 0.125. The van der Waals surface area contributed by atoms with Gasteiger partial charge in [0.05, 0.1) is 0 Å². The minimum absolute atomic E-state index is 0. The lowest BCUT2D eigenvalue weighted by molar-refractivity contribution is 0.100. The van der Waals surface area contributed by atoms with Crippen molar-refractivity contribution >= 4 is 18.2 Å².